The molecule has 0 saturated heterocycles. The summed E-state index contributed by atoms with van der Waals surface area (Å²) < 4.78 is 4.94. The Morgan fingerprint density at radius 2 is 2.10 bits per heavy atom. The first kappa shape index (κ1) is 15.3. The largest absolute Gasteiger partial charge is 0.465 e. The molecule has 0 aromatic heterocycles. The Labute approximate surface area is 123 Å². The number of ether oxygens (including phenoxy) is 1. The fourth-order valence-electron chi connectivity index (χ4n) is 2.22. The van der Waals surface area contributed by atoms with Crippen LogP contribution in [0.4, 0.5) is 4.79 Å². The van der Waals surface area contributed by atoms with Gasteiger partial charge in [-0.15, -0.1) is 0 Å². The fourth-order valence-corrected chi connectivity index (χ4v) is 2.22. The number of benzene rings is 1. The van der Waals surface area contributed by atoms with Crippen molar-refractivity contribution < 1.29 is 19.4 Å². The van der Waals surface area contributed by atoms with Gasteiger partial charge in [0.15, 0.2) is 0 Å². The molecule has 112 valence electrons. The van der Waals surface area contributed by atoms with Gasteiger partial charge < -0.3 is 14.7 Å². The molecule has 1 saturated carbocycles. The Hall–Kier alpha value is -2.14. The zero-order valence-corrected chi connectivity index (χ0v) is 12.0. The summed E-state index contributed by atoms with van der Waals surface area (Å²) in [5.74, 6) is 0. The maximum Gasteiger partial charge on any atom is 0.407 e. The molecule has 0 bridgehead atoms. The molecule has 0 unspecified atom stereocenters. The van der Waals surface area contributed by atoms with E-state index in [1.807, 2.05) is 18.2 Å². The van der Waals surface area contributed by atoms with Crippen molar-refractivity contribution in [2.24, 2.45) is 0 Å². The standard InChI is InChI=1S/C16H19NO4/c1-21-6-2-3-12-7-13(9-14(8-12)11-18)10-17(16(19)20)15-4-5-15/h2-3,7-9,11,15H,4-6,10H2,1H3,(H,19,20). The Kier molecular flexibility index (Phi) is 5.11. The van der Waals surface area contributed by atoms with Gasteiger partial charge >= 0.3 is 6.09 Å². The molecule has 0 radical (unpaired) electrons. The van der Waals surface area contributed by atoms with Gasteiger partial charge in [0.1, 0.15) is 6.29 Å². The lowest BCUT2D eigenvalue weighted by molar-refractivity contribution is 0.112. The highest BCUT2D eigenvalue weighted by Gasteiger charge is 2.32. The van der Waals surface area contributed by atoms with E-state index in [0.717, 1.165) is 30.3 Å². The monoisotopic (exact) mass is 289 g/mol. The predicted octanol–water partition coefficient (Wildman–Crippen LogP) is 2.80. The van der Waals surface area contributed by atoms with Gasteiger partial charge in [-0.3, -0.25) is 4.79 Å². The van der Waals surface area contributed by atoms with Gasteiger partial charge in [0.25, 0.3) is 0 Å². The van der Waals surface area contributed by atoms with Crippen molar-refractivity contribution in [2.45, 2.75) is 25.4 Å². The van der Waals surface area contributed by atoms with Gasteiger partial charge in [-0.1, -0.05) is 12.2 Å². The van der Waals surface area contributed by atoms with Crippen molar-refractivity contribution in [2.75, 3.05) is 13.7 Å². The number of amides is 1. The molecular weight excluding hydrogens is 270 g/mol. The number of hydrogen-bond acceptors (Lipinski definition) is 3. The van der Waals surface area contributed by atoms with Crippen molar-refractivity contribution in [3.05, 3.63) is 41.0 Å². The highest BCUT2D eigenvalue weighted by molar-refractivity contribution is 5.77. The molecule has 1 aromatic carbocycles. The highest BCUT2D eigenvalue weighted by Crippen LogP contribution is 2.28. The maximum atomic E-state index is 11.3. The van der Waals surface area contributed by atoms with Crippen molar-refractivity contribution in [1.29, 1.82) is 0 Å². The first-order chi connectivity index (χ1) is 10.1. The minimum atomic E-state index is -0.912. The van der Waals surface area contributed by atoms with Crippen LogP contribution in [0.15, 0.2) is 24.3 Å². The molecule has 2 rings (SSSR count). The quantitative estimate of drug-likeness (QED) is 0.784. The van der Waals surface area contributed by atoms with Crippen molar-refractivity contribution in [3.8, 4) is 0 Å². The third-order valence-corrected chi connectivity index (χ3v) is 3.33. The molecule has 1 aliphatic rings. The van der Waals surface area contributed by atoms with Crippen molar-refractivity contribution in [1.82, 2.24) is 4.90 Å². The summed E-state index contributed by atoms with van der Waals surface area (Å²) in [6.45, 7) is 0.802. The number of hydrogen-bond donors (Lipinski definition) is 1. The van der Waals surface area contributed by atoms with E-state index < -0.39 is 6.09 Å². The van der Waals surface area contributed by atoms with Crippen LogP contribution in [0.25, 0.3) is 6.08 Å². The van der Waals surface area contributed by atoms with Crippen LogP contribution >= 0.6 is 0 Å². The van der Waals surface area contributed by atoms with Gasteiger partial charge in [-0.2, -0.15) is 0 Å². The summed E-state index contributed by atoms with van der Waals surface area (Å²) >= 11 is 0. The summed E-state index contributed by atoms with van der Waals surface area (Å²) in [4.78, 5) is 23.7. The molecule has 0 spiro atoms. The maximum absolute atomic E-state index is 11.3. The summed E-state index contributed by atoms with van der Waals surface area (Å²) in [5.41, 5.74) is 2.24. The number of carbonyl (C=O) groups excluding carboxylic acids is 1. The third-order valence-electron chi connectivity index (χ3n) is 3.33. The van der Waals surface area contributed by atoms with Crippen LogP contribution in [0.5, 0.6) is 0 Å². The molecule has 1 N–H and O–H groups in total. The van der Waals surface area contributed by atoms with E-state index in [4.69, 9.17) is 4.74 Å². The smallest absolute Gasteiger partial charge is 0.407 e. The number of rotatable bonds is 7. The fraction of sp³-hybridized carbons (Fsp3) is 0.375. The van der Waals surface area contributed by atoms with Gasteiger partial charge in [0.05, 0.1) is 6.61 Å². The summed E-state index contributed by atoms with van der Waals surface area (Å²) in [7, 11) is 1.61. The average molecular weight is 289 g/mol. The minimum Gasteiger partial charge on any atom is -0.465 e. The first-order valence-corrected chi connectivity index (χ1v) is 6.88. The normalized spacial score (nSPS) is 14.3. The number of carbonyl (C=O) groups is 2. The third kappa shape index (κ3) is 4.43. The lowest BCUT2D eigenvalue weighted by Gasteiger charge is -2.19. The molecule has 1 aromatic rings. The van der Waals surface area contributed by atoms with Crippen LogP contribution in [0, 0.1) is 0 Å². The van der Waals surface area contributed by atoms with E-state index in [0.29, 0.717) is 18.7 Å². The lowest BCUT2D eigenvalue weighted by Crippen LogP contribution is -2.31. The second kappa shape index (κ2) is 7.04. The molecule has 1 fully saturated rings. The molecule has 5 nitrogen and oxygen atoms in total. The minimum absolute atomic E-state index is 0.120. The van der Waals surface area contributed by atoms with Crippen LogP contribution in [0.1, 0.15) is 34.3 Å². The van der Waals surface area contributed by atoms with Crippen molar-refractivity contribution in [3.63, 3.8) is 0 Å². The van der Waals surface area contributed by atoms with E-state index >= 15 is 0 Å². The van der Waals surface area contributed by atoms with Gasteiger partial charge in [0.2, 0.25) is 0 Å². The van der Waals surface area contributed by atoms with Crippen LogP contribution in [0.2, 0.25) is 0 Å². The molecule has 0 aliphatic heterocycles. The molecule has 21 heavy (non-hydrogen) atoms. The van der Waals surface area contributed by atoms with Crippen LogP contribution in [0.3, 0.4) is 0 Å². The molecule has 0 heterocycles. The molecule has 5 heteroatoms. The topological polar surface area (TPSA) is 66.8 Å². The summed E-state index contributed by atoms with van der Waals surface area (Å²) in [6.07, 6.45) is 5.41. The van der Waals surface area contributed by atoms with Gasteiger partial charge in [-0.25, -0.2) is 4.79 Å². The van der Waals surface area contributed by atoms with Crippen LogP contribution in [-0.2, 0) is 11.3 Å². The Morgan fingerprint density at radius 3 is 2.67 bits per heavy atom. The van der Waals surface area contributed by atoms with E-state index in [1.54, 1.807) is 19.2 Å². The molecular formula is C16H19NO4. The van der Waals surface area contributed by atoms with E-state index in [1.165, 1.54) is 4.90 Å². The highest BCUT2D eigenvalue weighted by atomic mass is 16.5. The molecule has 0 atom stereocenters. The van der Waals surface area contributed by atoms with E-state index in [-0.39, 0.29) is 6.04 Å². The summed E-state index contributed by atoms with van der Waals surface area (Å²) in [6, 6.07) is 5.52. The number of carboxylic acid groups (broad SMARTS) is 1. The van der Waals surface area contributed by atoms with Crippen LogP contribution in [-0.4, -0.2) is 42.1 Å². The first-order valence-electron chi connectivity index (χ1n) is 6.88. The zero-order valence-electron chi connectivity index (χ0n) is 12.0. The number of methoxy groups -OCH3 is 1. The Balaban J connectivity index is 2.19. The Bertz CT molecular complexity index is 549. The second-order valence-electron chi connectivity index (χ2n) is 5.13. The van der Waals surface area contributed by atoms with E-state index in [2.05, 4.69) is 0 Å². The second-order valence-corrected chi connectivity index (χ2v) is 5.13. The van der Waals surface area contributed by atoms with E-state index in [9.17, 15) is 14.7 Å². The zero-order chi connectivity index (χ0) is 15.2. The molecule has 1 aliphatic carbocycles. The van der Waals surface area contributed by atoms with Crippen LogP contribution < -0.4 is 0 Å². The summed E-state index contributed by atoms with van der Waals surface area (Å²) in [5, 5.41) is 9.24. The SMILES string of the molecule is COCC=Cc1cc(C=O)cc(CN(C(=O)O)C2CC2)c1. The van der Waals surface area contributed by atoms with Crippen molar-refractivity contribution >= 4 is 18.5 Å². The van der Waals surface area contributed by atoms with Gasteiger partial charge in [-0.05, 0) is 42.2 Å². The average Bonchev–Trinajstić information content (AvgIpc) is 3.29. The predicted molar refractivity (Wildman–Crippen MR) is 79.3 cm³/mol. The Morgan fingerprint density at radius 1 is 1.38 bits per heavy atom. The van der Waals surface area contributed by atoms with Gasteiger partial charge in [0, 0.05) is 25.3 Å². The number of nitrogens with zero attached hydrogens (tertiary/aromatic N) is 1. The molecule has 1 amide bonds. The lowest BCUT2D eigenvalue weighted by atomic mass is 10.1. The number of aldehydes is 1.